The zero-order valence-corrected chi connectivity index (χ0v) is 13.7. The molecular weight excluding hydrogens is 280 g/mol. The highest BCUT2D eigenvalue weighted by Gasteiger charge is 2.13. The molecule has 0 aliphatic heterocycles. The fraction of sp³-hybridized carbons (Fsp3) is 0.333. The lowest BCUT2D eigenvalue weighted by atomic mass is 10.0. The van der Waals surface area contributed by atoms with Crippen molar-refractivity contribution in [2.75, 3.05) is 11.9 Å². The van der Waals surface area contributed by atoms with Crippen molar-refractivity contribution in [2.45, 2.75) is 32.9 Å². The van der Waals surface area contributed by atoms with Crippen LogP contribution in [0, 0.1) is 6.92 Å². The van der Waals surface area contributed by atoms with Crippen LogP contribution in [-0.2, 0) is 13.0 Å². The van der Waals surface area contributed by atoms with Crippen LogP contribution in [0.5, 0.6) is 0 Å². The van der Waals surface area contributed by atoms with Crippen LogP contribution in [0.15, 0.2) is 42.5 Å². The van der Waals surface area contributed by atoms with Gasteiger partial charge in [-0.2, -0.15) is 0 Å². The zero-order valence-electron chi connectivity index (χ0n) is 12.9. The van der Waals surface area contributed by atoms with Crippen molar-refractivity contribution in [2.24, 2.45) is 5.73 Å². The van der Waals surface area contributed by atoms with Gasteiger partial charge < -0.3 is 10.6 Å². The fourth-order valence-corrected chi connectivity index (χ4v) is 2.88. The molecule has 0 heterocycles. The summed E-state index contributed by atoms with van der Waals surface area (Å²) in [5.41, 5.74) is 10.8. The molecule has 2 aromatic carbocycles. The number of hydrogen-bond donors (Lipinski definition) is 1. The van der Waals surface area contributed by atoms with Crippen LogP contribution >= 0.6 is 11.6 Å². The largest absolute Gasteiger partial charge is 0.369 e. The molecule has 21 heavy (non-hydrogen) atoms. The van der Waals surface area contributed by atoms with Crippen molar-refractivity contribution < 1.29 is 0 Å². The summed E-state index contributed by atoms with van der Waals surface area (Å²) in [6, 6.07) is 14.8. The third kappa shape index (κ3) is 4.23. The lowest BCUT2D eigenvalue weighted by molar-refractivity contribution is 0.734. The molecule has 0 aromatic heterocycles. The van der Waals surface area contributed by atoms with Gasteiger partial charge in [0.15, 0.2) is 0 Å². The predicted molar refractivity (Wildman–Crippen MR) is 92.1 cm³/mol. The molecule has 0 saturated heterocycles. The highest BCUT2D eigenvalue weighted by atomic mass is 35.5. The van der Waals surface area contributed by atoms with Crippen molar-refractivity contribution in [1.82, 2.24) is 0 Å². The summed E-state index contributed by atoms with van der Waals surface area (Å²) < 4.78 is 0. The monoisotopic (exact) mass is 302 g/mol. The van der Waals surface area contributed by atoms with Gasteiger partial charge in [0.1, 0.15) is 0 Å². The Hall–Kier alpha value is -1.51. The average molecular weight is 303 g/mol. The molecule has 0 saturated carbocycles. The van der Waals surface area contributed by atoms with E-state index in [2.05, 4.69) is 49.2 Å². The normalized spacial score (nSPS) is 12.2. The van der Waals surface area contributed by atoms with E-state index in [0.29, 0.717) is 0 Å². The Morgan fingerprint density at radius 2 is 1.81 bits per heavy atom. The molecule has 0 radical (unpaired) electrons. The number of aryl methyl sites for hydroxylation is 1. The lowest BCUT2D eigenvalue weighted by Crippen LogP contribution is -2.22. The number of hydrogen-bond acceptors (Lipinski definition) is 2. The zero-order chi connectivity index (χ0) is 15.4. The maximum absolute atomic E-state index is 6.42. The summed E-state index contributed by atoms with van der Waals surface area (Å²) in [4.78, 5) is 2.20. The van der Waals surface area contributed by atoms with Crippen molar-refractivity contribution in [3.05, 3.63) is 64.2 Å². The van der Waals surface area contributed by atoms with Gasteiger partial charge in [-0.15, -0.1) is 0 Å². The molecule has 0 aliphatic carbocycles. The first-order chi connectivity index (χ1) is 9.97. The molecule has 2 aromatic rings. The van der Waals surface area contributed by atoms with Crippen LogP contribution in [0.3, 0.4) is 0 Å². The second-order valence-electron chi connectivity index (χ2n) is 5.77. The van der Waals surface area contributed by atoms with E-state index >= 15 is 0 Å². The third-order valence-corrected chi connectivity index (χ3v) is 3.84. The van der Waals surface area contributed by atoms with Crippen LogP contribution in [0.4, 0.5) is 5.69 Å². The van der Waals surface area contributed by atoms with Gasteiger partial charge in [0.25, 0.3) is 0 Å². The van der Waals surface area contributed by atoms with Crippen molar-refractivity contribution in [3.63, 3.8) is 0 Å². The molecule has 112 valence electrons. The van der Waals surface area contributed by atoms with Crippen molar-refractivity contribution in [1.29, 1.82) is 0 Å². The van der Waals surface area contributed by atoms with Crippen molar-refractivity contribution in [3.8, 4) is 0 Å². The van der Waals surface area contributed by atoms with E-state index in [1.165, 1.54) is 16.7 Å². The van der Waals surface area contributed by atoms with Crippen LogP contribution in [0.2, 0.25) is 5.02 Å². The number of para-hydroxylation sites is 1. The molecule has 0 aliphatic rings. The maximum atomic E-state index is 6.42. The topological polar surface area (TPSA) is 29.3 Å². The van der Waals surface area contributed by atoms with Crippen LogP contribution in [0.1, 0.15) is 23.6 Å². The lowest BCUT2D eigenvalue weighted by Gasteiger charge is -2.24. The highest BCUT2D eigenvalue weighted by Crippen LogP contribution is 2.31. The van der Waals surface area contributed by atoms with Gasteiger partial charge in [0.2, 0.25) is 0 Å². The smallest absolute Gasteiger partial charge is 0.0642 e. The maximum Gasteiger partial charge on any atom is 0.0642 e. The summed E-state index contributed by atoms with van der Waals surface area (Å²) in [6.45, 7) is 4.95. The Bertz CT molecular complexity index is 591. The molecule has 0 spiro atoms. The Balaban J connectivity index is 2.25. The Labute approximate surface area is 132 Å². The summed E-state index contributed by atoms with van der Waals surface area (Å²) in [7, 11) is 2.08. The van der Waals surface area contributed by atoms with Gasteiger partial charge in [-0.25, -0.2) is 0 Å². The quantitative estimate of drug-likeness (QED) is 0.898. The second-order valence-corrected chi connectivity index (χ2v) is 6.18. The molecule has 3 heteroatoms. The molecule has 0 bridgehead atoms. The molecule has 2 rings (SSSR count). The van der Waals surface area contributed by atoms with E-state index in [1.54, 1.807) is 0 Å². The minimum absolute atomic E-state index is 0.120. The van der Waals surface area contributed by atoms with Gasteiger partial charge in [0, 0.05) is 19.6 Å². The number of nitrogens with two attached hydrogens (primary N) is 1. The Kier molecular flexibility index (Phi) is 5.27. The molecular formula is C18H23ClN2. The van der Waals surface area contributed by atoms with Crippen LogP contribution in [-0.4, -0.2) is 13.1 Å². The summed E-state index contributed by atoms with van der Waals surface area (Å²) in [5, 5.41) is 0.780. The van der Waals surface area contributed by atoms with Gasteiger partial charge in [-0.05, 0) is 37.5 Å². The second kappa shape index (κ2) is 6.97. The van der Waals surface area contributed by atoms with E-state index in [-0.39, 0.29) is 6.04 Å². The first-order valence-electron chi connectivity index (χ1n) is 7.27. The summed E-state index contributed by atoms with van der Waals surface area (Å²) in [6.07, 6.45) is 0.828. The molecule has 2 nitrogen and oxygen atoms in total. The third-order valence-electron chi connectivity index (χ3n) is 3.53. The SMILES string of the molecule is Cc1ccc(CN(C)c2c(Cl)cccc2CC(C)N)cc1. The number of anilines is 1. The number of rotatable bonds is 5. The van der Waals surface area contributed by atoms with Gasteiger partial charge >= 0.3 is 0 Å². The van der Waals surface area contributed by atoms with Gasteiger partial charge in [-0.1, -0.05) is 53.6 Å². The first-order valence-corrected chi connectivity index (χ1v) is 7.65. The standard InChI is InChI=1S/C18H23ClN2/c1-13-7-9-15(10-8-13)12-21(3)18-16(11-14(2)20)5-4-6-17(18)19/h4-10,14H,11-12,20H2,1-3H3. The fourth-order valence-electron chi connectivity index (χ4n) is 2.55. The average Bonchev–Trinajstić information content (AvgIpc) is 2.40. The number of benzene rings is 2. The van der Waals surface area contributed by atoms with Gasteiger partial charge in [0.05, 0.1) is 10.7 Å². The number of nitrogens with zero attached hydrogens (tertiary/aromatic N) is 1. The summed E-state index contributed by atoms with van der Waals surface area (Å²) in [5.74, 6) is 0. The van der Waals surface area contributed by atoms with Crippen LogP contribution in [0.25, 0.3) is 0 Å². The molecule has 2 N–H and O–H groups in total. The van der Waals surface area contributed by atoms with E-state index in [4.69, 9.17) is 17.3 Å². The van der Waals surface area contributed by atoms with E-state index in [1.807, 2.05) is 19.1 Å². The summed E-state index contributed by atoms with van der Waals surface area (Å²) >= 11 is 6.42. The van der Waals surface area contributed by atoms with E-state index in [9.17, 15) is 0 Å². The van der Waals surface area contributed by atoms with Crippen molar-refractivity contribution >= 4 is 17.3 Å². The minimum Gasteiger partial charge on any atom is -0.369 e. The molecule has 0 amide bonds. The Morgan fingerprint density at radius 1 is 1.14 bits per heavy atom. The predicted octanol–water partition coefficient (Wildman–Crippen LogP) is 4.17. The molecule has 0 fully saturated rings. The highest BCUT2D eigenvalue weighted by molar-refractivity contribution is 6.33. The van der Waals surface area contributed by atoms with Gasteiger partial charge in [-0.3, -0.25) is 0 Å². The molecule has 1 unspecified atom stereocenters. The minimum atomic E-state index is 0.120. The Morgan fingerprint density at radius 3 is 2.43 bits per heavy atom. The first kappa shape index (κ1) is 15.9. The number of halogens is 1. The van der Waals surface area contributed by atoms with E-state index < -0.39 is 0 Å². The molecule has 1 atom stereocenters. The van der Waals surface area contributed by atoms with Crippen LogP contribution < -0.4 is 10.6 Å². The van der Waals surface area contributed by atoms with E-state index in [0.717, 1.165) is 23.7 Å².